The van der Waals surface area contributed by atoms with Crippen molar-refractivity contribution in [2.24, 2.45) is 0 Å². The van der Waals surface area contributed by atoms with Gasteiger partial charge in [0.1, 0.15) is 5.82 Å². The molecule has 0 fully saturated rings. The molecule has 2 rings (SSSR count). The standard InChI is InChI=1S/C15H14Br2FN/c1-9-7-12(4-5-13(9)16)19-10(2)11-3-6-15(18)14(17)8-11/h3-8,10,19H,1-2H3. The second kappa shape index (κ2) is 6.06. The minimum atomic E-state index is -0.240. The van der Waals surface area contributed by atoms with Crippen molar-refractivity contribution in [3.8, 4) is 0 Å². The van der Waals surface area contributed by atoms with Crippen LogP contribution in [0.5, 0.6) is 0 Å². The van der Waals surface area contributed by atoms with Gasteiger partial charge in [-0.2, -0.15) is 0 Å². The third kappa shape index (κ3) is 3.57. The summed E-state index contributed by atoms with van der Waals surface area (Å²) in [6.45, 7) is 4.10. The first-order chi connectivity index (χ1) is 8.97. The quantitative estimate of drug-likeness (QED) is 0.699. The van der Waals surface area contributed by atoms with E-state index in [-0.39, 0.29) is 11.9 Å². The molecule has 1 unspecified atom stereocenters. The number of halogens is 3. The Labute approximate surface area is 129 Å². The molecule has 0 amide bonds. The molecule has 0 aliphatic heterocycles. The average molecular weight is 387 g/mol. The van der Waals surface area contributed by atoms with E-state index in [0.717, 1.165) is 15.7 Å². The lowest BCUT2D eigenvalue weighted by Crippen LogP contribution is -2.07. The van der Waals surface area contributed by atoms with Gasteiger partial charge < -0.3 is 5.32 Å². The van der Waals surface area contributed by atoms with Crippen LogP contribution in [0.2, 0.25) is 0 Å². The molecule has 0 heterocycles. The lowest BCUT2D eigenvalue weighted by atomic mass is 10.1. The van der Waals surface area contributed by atoms with Crippen LogP contribution in [0.4, 0.5) is 10.1 Å². The maximum atomic E-state index is 13.2. The Morgan fingerprint density at radius 3 is 2.42 bits per heavy atom. The fraction of sp³-hybridized carbons (Fsp3) is 0.200. The molecule has 0 saturated carbocycles. The fourth-order valence-electron chi connectivity index (χ4n) is 1.85. The first-order valence-electron chi connectivity index (χ1n) is 5.95. The van der Waals surface area contributed by atoms with Gasteiger partial charge in [0.25, 0.3) is 0 Å². The van der Waals surface area contributed by atoms with Gasteiger partial charge in [-0.1, -0.05) is 22.0 Å². The number of anilines is 1. The highest BCUT2D eigenvalue weighted by Crippen LogP contribution is 2.26. The SMILES string of the molecule is Cc1cc(NC(C)c2ccc(F)c(Br)c2)ccc1Br. The summed E-state index contributed by atoms with van der Waals surface area (Å²) in [6, 6.07) is 11.3. The van der Waals surface area contributed by atoms with Crippen LogP contribution in [-0.4, -0.2) is 0 Å². The Morgan fingerprint density at radius 1 is 1.05 bits per heavy atom. The second-order valence-electron chi connectivity index (χ2n) is 4.50. The van der Waals surface area contributed by atoms with Gasteiger partial charge in [0, 0.05) is 16.2 Å². The molecule has 1 N–H and O–H groups in total. The third-order valence-corrected chi connectivity index (χ3v) is 4.48. The van der Waals surface area contributed by atoms with Crippen LogP contribution in [0.3, 0.4) is 0 Å². The summed E-state index contributed by atoms with van der Waals surface area (Å²) in [7, 11) is 0. The molecule has 4 heteroatoms. The lowest BCUT2D eigenvalue weighted by Gasteiger charge is -2.17. The predicted molar refractivity (Wildman–Crippen MR) is 85.0 cm³/mol. The summed E-state index contributed by atoms with van der Waals surface area (Å²) in [4.78, 5) is 0. The Hall–Kier alpha value is -0.870. The van der Waals surface area contributed by atoms with Crippen molar-refractivity contribution < 1.29 is 4.39 Å². The number of nitrogens with one attached hydrogen (secondary N) is 1. The van der Waals surface area contributed by atoms with Gasteiger partial charge >= 0.3 is 0 Å². The summed E-state index contributed by atoms with van der Waals surface area (Å²) in [6.07, 6.45) is 0. The minimum absolute atomic E-state index is 0.109. The highest BCUT2D eigenvalue weighted by atomic mass is 79.9. The predicted octanol–water partition coefficient (Wildman–Crippen LogP) is 5.83. The van der Waals surface area contributed by atoms with E-state index >= 15 is 0 Å². The van der Waals surface area contributed by atoms with E-state index in [1.54, 1.807) is 12.1 Å². The zero-order valence-electron chi connectivity index (χ0n) is 10.7. The molecule has 19 heavy (non-hydrogen) atoms. The normalized spacial score (nSPS) is 12.3. The molecule has 0 aliphatic carbocycles. The van der Waals surface area contributed by atoms with Crippen molar-refractivity contribution in [1.29, 1.82) is 0 Å². The molecule has 0 radical (unpaired) electrons. The minimum Gasteiger partial charge on any atom is -0.379 e. The summed E-state index contributed by atoms with van der Waals surface area (Å²) in [5, 5.41) is 3.41. The van der Waals surface area contributed by atoms with E-state index in [0.29, 0.717) is 4.47 Å². The van der Waals surface area contributed by atoms with E-state index in [1.165, 1.54) is 11.6 Å². The van der Waals surface area contributed by atoms with Crippen LogP contribution >= 0.6 is 31.9 Å². The molecule has 0 bridgehead atoms. The number of hydrogen-bond donors (Lipinski definition) is 1. The van der Waals surface area contributed by atoms with E-state index in [2.05, 4.69) is 57.1 Å². The molecule has 1 nitrogen and oxygen atoms in total. The zero-order chi connectivity index (χ0) is 14.0. The van der Waals surface area contributed by atoms with Crippen LogP contribution in [0.15, 0.2) is 45.3 Å². The molecular formula is C15H14Br2FN. The van der Waals surface area contributed by atoms with Gasteiger partial charge in [0.05, 0.1) is 4.47 Å². The molecule has 0 spiro atoms. The Kier molecular flexibility index (Phi) is 4.63. The maximum Gasteiger partial charge on any atom is 0.137 e. The van der Waals surface area contributed by atoms with Crippen LogP contribution in [-0.2, 0) is 0 Å². The van der Waals surface area contributed by atoms with Gasteiger partial charge in [-0.3, -0.25) is 0 Å². The summed E-state index contributed by atoms with van der Waals surface area (Å²) < 4.78 is 14.8. The molecule has 2 aromatic carbocycles. The Morgan fingerprint density at radius 2 is 1.79 bits per heavy atom. The number of hydrogen-bond acceptors (Lipinski definition) is 1. The highest BCUT2D eigenvalue weighted by molar-refractivity contribution is 9.10. The van der Waals surface area contributed by atoms with E-state index < -0.39 is 0 Å². The Balaban J connectivity index is 2.17. The molecule has 100 valence electrons. The molecule has 0 aliphatic rings. The van der Waals surface area contributed by atoms with Gasteiger partial charge in [0.2, 0.25) is 0 Å². The van der Waals surface area contributed by atoms with Gasteiger partial charge in [-0.15, -0.1) is 0 Å². The summed E-state index contributed by atoms with van der Waals surface area (Å²) in [5.41, 5.74) is 3.26. The number of rotatable bonds is 3. The van der Waals surface area contributed by atoms with E-state index in [4.69, 9.17) is 0 Å². The largest absolute Gasteiger partial charge is 0.379 e. The maximum absolute atomic E-state index is 13.2. The topological polar surface area (TPSA) is 12.0 Å². The van der Waals surface area contributed by atoms with Crippen LogP contribution in [0, 0.1) is 12.7 Å². The third-order valence-electron chi connectivity index (χ3n) is 2.98. The molecule has 0 saturated heterocycles. The van der Waals surface area contributed by atoms with Crippen molar-refractivity contribution in [2.45, 2.75) is 19.9 Å². The fourth-order valence-corrected chi connectivity index (χ4v) is 2.49. The lowest BCUT2D eigenvalue weighted by molar-refractivity contribution is 0.619. The van der Waals surface area contributed by atoms with Gasteiger partial charge in [0.15, 0.2) is 0 Å². The number of benzene rings is 2. The van der Waals surface area contributed by atoms with Crippen molar-refractivity contribution in [3.63, 3.8) is 0 Å². The molecule has 0 aromatic heterocycles. The smallest absolute Gasteiger partial charge is 0.137 e. The van der Waals surface area contributed by atoms with E-state index in [9.17, 15) is 4.39 Å². The van der Waals surface area contributed by atoms with Gasteiger partial charge in [-0.25, -0.2) is 4.39 Å². The number of aryl methyl sites for hydroxylation is 1. The monoisotopic (exact) mass is 385 g/mol. The van der Waals surface area contributed by atoms with Crippen molar-refractivity contribution in [3.05, 3.63) is 62.3 Å². The van der Waals surface area contributed by atoms with E-state index in [1.807, 2.05) is 12.1 Å². The average Bonchev–Trinajstić information content (AvgIpc) is 2.37. The summed E-state index contributed by atoms with van der Waals surface area (Å²) >= 11 is 6.69. The Bertz CT molecular complexity index is 599. The van der Waals surface area contributed by atoms with Crippen molar-refractivity contribution in [1.82, 2.24) is 0 Å². The summed E-state index contributed by atoms with van der Waals surface area (Å²) in [5.74, 6) is -0.240. The zero-order valence-corrected chi connectivity index (χ0v) is 13.8. The highest BCUT2D eigenvalue weighted by Gasteiger charge is 2.08. The first kappa shape index (κ1) is 14.5. The second-order valence-corrected chi connectivity index (χ2v) is 6.21. The van der Waals surface area contributed by atoms with Crippen LogP contribution in [0.1, 0.15) is 24.1 Å². The van der Waals surface area contributed by atoms with Crippen LogP contribution in [0.25, 0.3) is 0 Å². The first-order valence-corrected chi connectivity index (χ1v) is 7.53. The van der Waals surface area contributed by atoms with Crippen molar-refractivity contribution >= 4 is 37.5 Å². The van der Waals surface area contributed by atoms with Crippen molar-refractivity contribution in [2.75, 3.05) is 5.32 Å². The van der Waals surface area contributed by atoms with Crippen LogP contribution < -0.4 is 5.32 Å². The molecule has 1 atom stereocenters. The molecular weight excluding hydrogens is 373 g/mol. The molecule has 2 aromatic rings. The van der Waals surface area contributed by atoms with Gasteiger partial charge in [-0.05, 0) is 71.2 Å².